The zero-order valence-corrected chi connectivity index (χ0v) is 12.7. The van der Waals surface area contributed by atoms with E-state index in [0.717, 1.165) is 32.1 Å². The Bertz CT molecular complexity index is 319. The molecule has 2 heteroatoms. The van der Waals surface area contributed by atoms with E-state index in [0.29, 0.717) is 0 Å². The third-order valence-electron chi connectivity index (χ3n) is 3.19. The van der Waals surface area contributed by atoms with Crippen LogP contribution in [0.25, 0.3) is 0 Å². The van der Waals surface area contributed by atoms with Crippen LogP contribution in [0.3, 0.4) is 0 Å². The van der Waals surface area contributed by atoms with E-state index in [1.165, 1.54) is 30.5 Å². The standard InChI is InChI=1S/C17H29NO/c1-4-5-6-16-7-9-17(10-8-16)18-12-14-19-13-11-15(2)3/h7-10,15,18H,4-6,11-14H2,1-3H3. The molecule has 0 amide bonds. The van der Waals surface area contributed by atoms with Gasteiger partial charge in [0.1, 0.15) is 0 Å². The Morgan fingerprint density at radius 3 is 2.47 bits per heavy atom. The van der Waals surface area contributed by atoms with Crippen LogP contribution in [0.1, 0.15) is 45.6 Å². The van der Waals surface area contributed by atoms with Crippen LogP contribution in [0.5, 0.6) is 0 Å². The van der Waals surface area contributed by atoms with Crippen LogP contribution in [0.15, 0.2) is 24.3 Å². The van der Waals surface area contributed by atoms with Gasteiger partial charge in [0.15, 0.2) is 0 Å². The lowest BCUT2D eigenvalue weighted by molar-refractivity contribution is 0.132. The van der Waals surface area contributed by atoms with Gasteiger partial charge < -0.3 is 10.1 Å². The van der Waals surface area contributed by atoms with E-state index in [1.54, 1.807) is 0 Å². The van der Waals surface area contributed by atoms with Gasteiger partial charge in [-0.25, -0.2) is 0 Å². The van der Waals surface area contributed by atoms with Crippen molar-refractivity contribution in [3.8, 4) is 0 Å². The van der Waals surface area contributed by atoms with Crippen molar-refractivity contribution >= 4 is 5.69 Å². The number of benzene rings is 1. The Labute approximate surface area is 118 Å². The van der Waals surface area contributed by atoms with Crippen molar-refractivity contribution in [1.82, 2.24) is 0 Å². The maximum absolute atomic E-state index is 5.58. The summed E-state index contributed by atoms with van der Waals surface area (Å²) >= 11 is 0. The molecule has 1 aromatic rings. The van der Waals surface area contributed by atoms with Crippen LogP contribution in [-0.2, 0) is 11.2 Å². The number of nitrogens with one attached hydrogen (secondary N) is 1. The molecule has 0 radical (unpaired) electrons. The van der Waals surface area contributed by atoms with Crippen molar-refractivity contribution in [2.45, 2.75) is 46.5 Å². The molecule has 0 aliphatic rings. The lowest BCUT2D eigenvalue weighted by Crippen LogP contribution is -2.10. The molecule has 0 saturated carbocycles. The Kier molecular flexibility index (Phi) is 8.31. The average Bonchev–Trinajstić information content (AvgIpc) is 2.41. The molecule has 0 saturated heterocycles. The van der Waals surface area contributed by atoms with Crippen LogP contribution in [-0.4, -0.2) is 19.8 Å². The molecule has 0 aliphatic heterocycles. The van der Waals surface area contributed by atoms with Gasteiger partial charge in [-0.05, 0) is 42.9 Å². The minimum absolute atomic E-state index is 0.726. The second kappa shape index (κ2) is 9.85. The van der Waals surface area contributed by atoms with E-state index < -0.39 is 0 Å². The quantitative estimate of drug-likeness (QED) is 0.627. The van der Waals surface area contributed by atoms with Gasteiger partial charge in [0.25, 0.3) is 0 Å². The van der Waals surface area contributed by atoms with Gasteiger partial charge in [-0.2, -0.15) is 0 Å². The lowest BCUT2D eigenvalue weighted by Gasteiger charge is -2.09. The molecule has 0 aliphatic carbocycles. The molecule has 2 nitrogen and oxygen atoms in total. The first-order valence-corrected chi connectivity index (χ1v) is 7.63. The molecule has 0 spiro atoms. The first-order valence-electron chi connectivity index (χ1n) is 7.63. The zero-order valence-electron chi connectivity index (χ0n) is 12.7. The number of hydrogen-bond donors (Lipinski definition) is 1. The van der Waals surface area contributed by atoms with Crippen LogP contribution in [0.4, 0.5) is 5.69 Å². The van der Waals surface area contributed by atoms with E-state index in [9.17, 15) is 0 Å². The van der Waals surface area contributed by atoms with E-state index >= 15 is 0 Å². The molecule has 0 unspecified atom stereocenters. The molecular formula is C17H29NO. The first-order chi connectivity index (χ1) is 9.22. The van der Waals surface area contributed by atoms with Crippen molar-refractivity contribution in [2.75, 3.05) is 25.1 Å². The Morgan fingerprint density at radius 1 is 1.11 bits per heavy atom. The summed E-state index contributed by atoms with van der Waals surface area (Å²) in [6.07, 6.45) is 4.87. The summed E-state index contributed by atoms with van der Waals surface area (Å²) in [5, 5.41) is 3.39. The summed E-state index contributed by atoms with van der Waals surface area (Å²) in [6.45, 7) is 9.21. The van der Waals surface area contributed by atoms with Gasteiger partial charge in [0.2, 0.25) is 0 Å². The minimum atomic E-state index is 0.726. The van der Waals surface area contributed by atoms with Crippen LogP contribution in [0, 0.1) is 5.92 Å². The molecule has 0 fully saturated rings. The molecule has 1 N–H and O–H groups in total. The maximum atomic E-state index is 5.58. The Morgan fingerprint density at radius 2 is 1.84 bits per heavy atom. The third-order valence-corrected chi connectivity index (χ3v) is 3.19. The van der Waals surface area contributed by atoms with Crippen LogP contribution >= 0.6 is 0 Å². The highest BCUT2D eigenvalue weighted by atomic mass is 16.5. The average molecular weight is 263 g/mol. The summed E-state index contributed by atoms with van der Waals surface area (Å²) in [4.78, 5) is 0. The molecule has 0 aromatic heterocycles. The molecule has 0 heterocycles. The fraction of sp³-hybridized carbons (Fsp3) is 0.647. The van der Waals surface area contributed by atoms with Gasteiger partial charge in [-0.3, -0.25) is 0 Å². The fourth-order valence-corrected chi connectivity index (χ4v) is 1.86. The van der Waals surface area contributed by atoms with Crippen molar-refractivity contribution in [1.29, 1.82) is 0 Å². The van der Waals surface area contributed by atoms with Crippen molar-refractivity contribution < 1.29 is 4.74 Å². The number of ether oxygens (including phenoxy) is 1. The van der Waals surface area contributed by atoms with E-state index in [2.05, 4.69) is 50.4 Å². The number of rotatable bonds is 10. The van der Waals surface area contributed by atoms with Crippen molar-refractivity contribution in [3.05, 3.63) is 29.8 Å². The number of unbranched alkanes of at least 4 members (excludes halogenated alkanes) is 1. The smallest absolute Gasteiger partial charge is 0.0639 e. The summed E-state index contributed by atoms with van der Waals surface area (Å²) in [7, 11) is 0. The predicted molar refractivity (Wildman–Crippen MR) is 83.8 cm³/mol. The first kappa shape index (κ1) is 16.0. The fourth-order valence-electron chi connectivity index (χ4n) is 1.86. The van der Waals surface area contributed by atoms with E-state index in [4.69, 9.17) is 4.74 Å². The second-order valence-electron chi connectivity index (χ2n) is 5.52. The zero-order chi connectivity index (χ0) is 13.9. The highest BCUT2D eigenvalue weighted by Gasteiger charge is 1.96. The summed E-state index contributed by atoms with van der Waals surface area (Å²) in [5.74, 6) is 0.726. The molecule has 108 valence electrons. The SMILES string of the molecule is CCCCc1ccc(NCCOCCC(C)C)cc1. The molecule has 0 atom stereocenters. The number of aryl methyl sites for hydroxylation is 1. The monoisotopic (exact) mass is 263 g/mol. The van der Waals surface area contributed by atoms with Gasteiger partial charge in [0, 0.05) is 18.8 Å². The van der Waals surface area contributed by atoms with E-state index in [-0.39, 0.29) is 0 Å². The summed E-state index contributed by atoms with van der Waals surface area (Å²) in [5.41, 5.74) is 2.62. The topological polar surface area (TPSA) is 21.3 Å². The molecule has 1 aromatic carbocycles. The molecule has 19 heavy (non-hydrogen) atoms. The maximum Gasteiger partial charge on any atom is 0.0639 e. The normalized spacial score (nSPS) is 10.9. The minimum Gasteiger partial charge on any atom is -0.383 e. The molecule has 0 bridgehead atoms. The molecule has 1 rings (SSSR count). The Hall–Kier alpha value is -1.02. The summed E-state index contributed by atoms with van der Waals surface area (Å²) in [6, 6.07) is 8.77. The second-order valence-corrected chi connectivity index (χ2v) is 5.52. The summed E-state index contributed by atoms with van der Waals surface area (Å²) < 4.78 is 5.58. The number of hydrogen-bond acceptors (Lipinski definition) is 2. The predicted octanol–water partition coefficient (Wildman–Crippen LogP) is 4.50. The highest BCUT2D eigenvalue weighted by molar-refractivity contribution is 5.44. The van der Waals surface area contributed by atoms with Crippen molar-refractivity contribution in [2.24, 2.45) is 5.92 Å². The number of anilines is 1. The highest BCUT2D eigenvalue weighted by Crippen LogP contribution is 2.11. The third kappa shape index (κ3) is 7.89. The van der Waals surface area contributed by atoms with Crippen LogP contribution in [0.2, 0.25) is 0 Å². The lowest BCUT2D eigenvalue weighted by atomic mass is 10.1. The van der Waals surface area contributed by atoms with E-state index in [1.807, 2.05) is 0 Å². The largest absolute Gasteiger partial charge is 0.383 e. The van der Waals surface area contributed by atoms with Crippen LogP contribution < -0.4 is 5.32 Å². The van der Waals surface area contributed by atoms with Crippen molar-refractivity contribution in [3.63, 3.8) is 0 Å². The van der Waals surface area contributed by atoms with Gasteiger partial charge >= 0.3 is 0 Å². The van der Waals surface area contributed by atoms with Gasteiger partial charge in [-0.1, -0.05) is 39.3 Å². The Balaban J connectivity index is 2.12. The van der Waals surface area contributed by atoms with Gasteiger partial charge in [0.05, 0.1) is 6.61 Å². The van der Waals surface area contributed by atoms with Gasteiger partial charge in [-0.15, -0.1) is 0 Å². The molecular weight excluding hydrogens is 234 g/mol.